The first-order chi connectivity index (χ1) is 8.88. The van der Waals surface area contributed by atoms with E-state index in [1.807, 2.05) is 24.9 Å². The molecule has 19 heavy (non-hydrogen) atoms. The molecule has 0 aromatic heterocycles. The molecule has 0 aliphatic carbocycles. The number of rotatable bonds is 5. The summed E-state index contributed by atoms with van der Waals surface area (Å²) in [6.45, 7) is 6.46. The molecule has 0 bridgehead atoms. The van der Waals surface area contributed by atoms with Crippen LogP contribution >= 0.6 is 44.2 Å². The van der Waals surface area contributed by atoms with Crippen molar-refractivity contribution in [2.24, 2.45) is 11.8 Å². The van der Waals surface area contributed by atoms with E-state index in [1.165, 1.54) is 0 Å². The van der Waals surface area contributed by atoms with Crippen LogP contribution in [0.25, 0.3) is 0 Å². The third-order valence-electron chi connectivity index (χ3n) is 3.54. The van der Waals surface area contributed by atoms with Gasteiger partial charge in [-0.05, 0) is 23.0 Å². The van der Waals surface area contributed by atoms with Crippen molar-refractivity contribution in [2.75, 3.05) is 6.61 Å². The molecule has 1 aliphatic heterocycles. The van der Waals surface area contributed by atoms with Crippen molar-refractivity contribution in [3.63, 3.8) is 0 Å². The minimum Gasteiger partial charge on any atom is -0.422 e. The van der Waals surface area contributed by atoms with Crippen LogP contribution in [-0.2, 0) is 14.2 Å². The Balaban J connectivity index is 2.68. The molecule has 108 valence electrons. The lowest BCUT2D eigenvalue weighted by Crippen LogP contribution is -2.47. The smallest absolute Gasteiger partial charge is 0.380 e. The molecule has 7 heteroatoms. The second-order valence-corrected chi connectivity index (χ2v) is 7.28. The average molecular weight is 414 g/mol. The Morgan fingerprint density at radius 2 is 2.21 bits per heavy atom. The number of carbonyl (C=O) groups excluding carboxylic acids is 1. The van der Waals surface area contributed by atoms with E-state index in [9.17, 15) is 4.79 Å². The van der Waals surface area contributed by atoms with Crippen molar-refractivity contribution in [3.05, 3.63) is 9.66 Å². The number of ketones is 1. The summed E-state index contributed by atoms with van der Waals surface area (Å²) in [7, 11) is 2.47. The van der Waals surface area contributed by atoms with E-state index in [-0.39, 0.29) is 35.7 Å². The summed E-state index contributed by atoms with van der Waals surface area (Å²) in [5.74, 6) is -0.0234. The number of ether oxygens (including phenoxy) is 1. The monoisotopic (exact) mass is 414 g/mol. The van der Waals surface area contributed by atoms with Crippen molar-refractivity contribution in [1.82, 2.24) is 0 Å². The van der Waals surface area contributed by atoms with Gasteiger partial charge in [-0.3, -0.25) is 4.79 Å². The van der Waals surface area contributed by atoms with Crippen LogP contribution in [0, 0.1) is 11.8 Å². The third kappa shape index (κ3) is 4.99. The zero-order chi connectivity index (χ0) is 14.6. The molecule has 0 radical (unpaired) electrons. The minimum atomic E-state index is -0.166. The van der Waals surface area contributed by atoms with Crippen LogP contribution in [0.5, 0.6) is 0 Å². The molecular weight excluding hydrogens is 393 g/mol. The quantitative estimate of drug-likeness (QED) is 0.325. The van der Waals surface area contributed by atoms with Gasteiger partial charge in [-0.1, -0.05) is 36.4 Å². The van der Waals surface area contributed by atoms with E-state index >= 15 is 0 Å². The summed E-state index contributed by atoms with van der Waals surface area (Å²) in [5.41, 5.74) is 1.11. The lowest BCUT2D eigenvalue weighted by molar-refractivity contribution is -0.152. The van der Waals surface area contributed by atoms with Gasteiger partial charge in [0.2, 0.25) is 0 Å². The van der Waals surface area contributed by atoms with Crippen LogP contribution in [0.15, 0.2) is 9.66 Å². The van der Waals surface area contributed by atoms with Gasteiger partial charge in [0.1, 0.15) is 5.78 Å². The summed E-state index contributed by atoms with van der Waals surface area (Å²) in [6, 6.07) is 0. The highest BCUT2D eigenvalue weighted by Gasteiger charge is 2.40. The molecule has 1 unspecified atom stereocenters. The van der Waals surface area contributed by atoms with Gasteiger partial charge in [0.15, 0.2) is 0 Å². The largest absolute Gasteiger partial charge is 0.422 e. The molecule has 1 heterocycles. The zero-order valence-corrected chi connectivity index (χ0v) is 15.7. The van der Waals surface area contributed by atoms with Gasteiger partial charge in [0, 0.05) is 18.4 Å². The molecule has 1 saturated heterocycles. The summed E-state index contributed by atoms with van der Waals surface area (Å²) in [5, 5.41) is 0. The van der Waals surface area contributed by atoms with Crippen LogP contribution in [0.4, 0.5) is 0 Å². The van der Waals surface area contributed by atoms with Gasteiger partial charge in [0.25, 0.3) is 0 Å². The summed E-state index contributed by atoms with van der Waals surface area (Å²) in [4.78, 5) is 12.3. The van der Waals surface area contributed by atoms with Gasteiger partial charge in [-0.25, -0.2) is 0 Å². The third-order valence-corrected chi connectivity index (χ3v) is 4.87. The van der Waals surface area contributed by atoms with E-state index in [1.54, 1.807) is 0 Å². The Morgan fingerprint density at radius 1 is 1.58 bits per heavy atom. The fourth-order valence-electron chi connectivity index (χ4n) is 2.36. The maximum Gasteiger partial charge on any atom is 0.380 e. The van der Waals surface area contributed by atoms with Gasteiger partial charge < -0.3 is 9.39 Å². The SMILES string of the molecule is C/C(=C\I)[C@@H]1O[C@H](CCOB(P)S)[C@H](C)C(=O)[C@H]1C. The molecule has 0 N–H and O–H groups in total. The van der Waals surface area contributed by atoms with E-state index in [2.05, 4.69) is 44.2 Å². The number of halogens is 1. The number of hydrogen-bond donors (Lipinski definition) is 1. The number of hydrogen-bond acceptors (Lipinski definition) is 4. The minimum absolute atomic E-state index is 0.0697. The van der Waals surface area contributed by atoms with Crippen LogP contribution in [-0.4, -0.2) is 30.5 Å². The molecular formula is C12H21BIO3PS. The molecule has 0 aromatic carbocycles. The van der Waals surface area contributed by atoms with Crippen LogP contribution in [0.2, 0.25) is 0 Å². The molecule has 0 amide bonds. The first kappa shape index (κ1) is 18.0. The predicted molar refractivity (Wildman–Crippen MR) is 94.8 cm³/mol. The van der Waals surface area contributed by atoms with Crippen molar-refractivity contribution >= 4 is 55.9 Å². The fourth-order valence-corrected chi connectivity index (χ4v) is 2.95. The van der Waals surface area contributed by atoms with E-state index in [4.69, 9.17) is 9.39 Å². The maximum atomic E-state index is 12.3. The highest BCUT2D eigenvalue weighted by molar-refractivity contribution is 14.1. The first-order valence-corrected chi connectivity index (χ1v) is 8.82. The highest BCUT2D eigenvalue weighted by atomic mass is 127. The fraction of sp³-hybridized carbons (Fsp3) is 0.750. The molecule has 1 rings (SSSR count). The Hall–Kier alpha value is 0.905. The molecule has 1 fully saturated rings. The summed E-state index contributed by atoms with van der Waals surface area (Å²) >= 11 is 6.33. The van der Waals surface area contributed by atoms with Gasteiger partial charge in [0.05, 0.1) is 12.2 Å². The van der Waals surface area contributed by atoms with Crippen molar-refractivity contribution in [2.45, 2.75) is 39.4 Å². The van der Waals surface area contributed by atoms with Gasteiger partial charge >= 0.3 is 5.91 Å². The summed E-state index contributed by atoms with van der Waals surface area (Å²) < 4.78 is 13.5. The van der Waals surface area contributed by atoms with Crippen molar-refractivity contribution < 1.29 is 14.2 Å². The topological polar surface area (TPSA) is 35.5 Å². The Morgan fingerprint density at radius 3 is 2.74 bits per heavy atom. The molecule has 3 nitrogen and oxygen atoms in total. The van der Waals surface area contributed by atoms with E-state index in [0.717, 1.165) is 12.0 Å². The van der Waals surface area contributed by atoms with Crippen LogP contribution in [0.3, 0.4) is 0 Å². The first-order valence-electron chi connectivity index (χ1n) is 6.39. The normalized spacial score (nSPS) is 32.5. The van der Waals surface area contributed by atoms with Crippen LogP contribution < -0.4 is 0 Å². The maximum absolute atomic E-state index is 12.3. The van der Waals surface area contributed by atoms with E-state index < -0.39 is 0 Å². The summed E-state index contributed by atoms with van der Waals surface area (Å²) in [6.07, 6.45) is 0.543. The second kappa shape index (κ2) is 8.37. The number of thiol groups is 1. The van der Waals surface area contributed by atoms with Gasteiger partial charge in [-0.15, -0.1) is 9.12 Å². The molecule has 1 aliphatic rings. The van der Waals surface area contributed by atoms with E-state index in [0.29, 0.717) is 6.61 Å². The van der Waals surface area contributed by atoms with Gasteiger partial charge in [-0.2, -0.15) is 12.5 Å². The van der Waals surface area contributed by atoms with Crippen LogP contribution in [0.1, 0.15) is 27.2 Å². The molecule has 0 saturated carbocycles. The molecule has 0 aromatic rings. The highest BCUT2D eigenvalue weighted by Crippen LogP contribution is 2.32. The lowest BCUT2D eigenvalue weighted by Gasteiger charge is -2.38. The number of Topliss-reactive ketones (excluding diaryl/α,β-unsaturated/α-hetero) is 1. The zero-order valence-electron chi connectivity index (χ0n) is 11.5. The Bertz CT molecular complexity index is 354. The Kier molecular flexibility index (Phi) is 7.91. The second-order valence-electron chi connectivity index (χ2n) is 4.98. The van der Waals surface area contributed by atoms with Crippen molar-refractivity contribution in [1.29, 1.82) is 0 Å². The lowest BCUT2D eigenvalue weighted by atomic mass is 9.81. The number of carbonyl (C=O) groups is 1. The Labute approximate surface area is 137 Å². The predicted octanol–water partition coefficient (Wildman–Crippen LogP) is 3.13. The molecule has 0 spiro atoms. The molecule has 5 atom stereocenters. The van der Waals surface area contributed by atoms with Crippen molar-refractivity contribution in [3.8, 4) is 0 Å². The standard InChI is InChI=1S/C12H21BIO3PS/c1-7(6-14)12-9(3)11(15)8(2)10(17-12)4-5-16-13(18)19/h6,8-10,12,19H,4-5,18H2,1-3H3/b7-6+/t8-,9+,10+,12-/m0/s1. The average Bonchev–Trinajstić information content (AvgIpc) is 2.37.